The van der Waals surface area contributed by atoms with Gasteiger partial charge in [0.15, 0.2) is 5.96 Å². The summed E-state index contributed by atoms with van der Waals surface area (Å²) in [7, 11) is 1.75. The molecule has 1 atom stereocenters. The van der Waals surface area contributed by atoms with E-state index in [0.717, 1.165) is 34.9 Å². The number of rotatable bonds is 6. The average Bonchev–Trinajstić information content (AvgIpc) is 3.17. The van der Waals surface area contributed by atoms with Crippen molar-refractivity contribution in [2.45, 2.75) is 32.5 Å². The van der Waals surface area contributed by atoms with Crippen LogP contribution in [0.3, 0.4) is 0 Å². The molecule has 1 fully saturated rings. The molecular formula is C21H26ClN3O2. The van der Waals surface area contributed by atoms with Gasteiger partial charge in [0.05, 0.1) is 13.2 Å². The zero-order chi connectivity index (χ0) is 19.1. The Morgan fingerprint density at radius 1 is 1.19 bits per heavy atom. The van der Waals surface area contributed by atoms with Gasteiger partial charge in [-0.25, -0.2) is 0 Å². The van der Waals surface area contributed by atoms with E-state index in [1.54, 1.807) is 7.05 Å². The Labute approximate surface area is 165 Å². The molecule has 1 saturated heterocycles. The molecule has 0 radical (unpaired) electrons. The lowest BCUT2D eigenvalue weighted by Crippen LogP contribution is -2.36. The summed E-state index contributed by atoms with van der Waals surface area (Å²) in [4.78, 5) is 4.29. The third-order valence-electron chi connectivity index (χ3n) is 4.48. The van der Waals surface area contributed by atoms with E-state index < -0.39 is 0 Å². The summed E-state index contributed by atoms with van der Waals surface area (Å²) in [6, 6.07) is 14.0. The Hall–Kier alpha value is -2.24. The van der Waals surface area contributed by atoms with Crippen LogP contribution in [0.1, 0.15) is 23.1 Å². The molecule has 1 aliphatic rings. The molecular weight excluding hydrogens is 362 g/mol. The van der Waals surface area contributed by atoms with Crippen molar-refractivity contribution in [3.63, 3.8) is 0 Å². The number of benzene rings is 2. The van der Waals surface area contributed by atoms with Crippen LogP contribution in [0.25, 0.3) is 0 Å². The van der Waals surface area contributed by atoms with Crippen molar-refractivity contribution >= 4 is 17.6 Å². The lowest BCUT2D eigenvalue weighted by molar-refractivity contribution is 0.140. The highest BCUT2D eigenvalue weighted by Gasteiger charge is 2.18. The van der Waals surface area contributed by atoms with E-state index in [1.807, 2.05) is 24.3 Å². The lowest BCUT2D eigenvalue weighted by atomic mass is 10.1. The Morgan fingerprint density at radius 3 is 2.67 bits per heavy atom. The maximum Gasteiger partial charge on any atom is 0.191 e. The van der Waals surface area contributed by atoms with Crippen LogP contribution in [-0.4, -0.2) is 32.3 Å². The first-order valence-electron chi connectivity index (χ1n) is 9.17. The molecule has 6 heteroatoms. The quantitative estimate of drug-likeness (QED) is 0.586. The van der Waals surface area contributed by atoms with Crippen molar-refractivity contribution in [2.24, 2.45) is 4.99 Å². The van der Waals surface area contributed by atoms with Crippen LogP contribution < -0.4 is 15.4 Å². The number of halogens is 1. The van der Waals surface area contributed by atoms with Crippen molar-refractivity contribution in [2.75, 3.05) is 20.3 Å². The van der Waals surface area contributed by atoms with Crippen LogP contribution in [0.15, 0.2) is 47.5 Å². The number of ether oxygens (including phenoxy) is 2. The highest BCUT2D eigenvalue weighted by molar-refractivity contribution is 6.31. The van der Waals surface area contributed by atoms with Gasteiger partial charge in [-0.15, -0.1) is 0 Å². The van der Waals surface area contributed by atoms with Crippen LogP contribution in [0, 0.1) is 6.92 Å². The molecule has 144 valence electrons. The highest BCUT2D eigenvalue weighted by atomic mass is 35.5. The van der Waals surface area contributed by atoms with Crippen molar-refractivity contribution in [3.05, 3.63) is 64.2 Å². The topological polar surface area (TPSA) is 54.9 Å². The predicted octanol–water partition coefficient (Wildman–Crippen LogP) is 3.68. The van der Waals surface area contributed by atoms with E-state index in [9.17, 15) is 0 Å². The first-order valence-corrected chi connectivity index (χ1v) is 9.55. The van der Waals surface area contributed by atoms with Crippen molar-refractivity contribution < 1.29 is 9.47 Å². The minimum Gasteiger partial charge on any atom is -0.488 e. The second-order valence-electron chi connectivity index (χ2n) is 6.59. The largest absolute Gasteiger partial charge is 0.488 e. The Balaban J connectivity index is 1.60. The molecule has 1 heterocycles. The fourth-order valence-electron chi connectivity index (χ4n) is 2.92. The number of nitrogens with one attached hydrogen (secondary N) is 2. The van der Waals surface area contributed by atoms with E-state index in [1.165, 1.54) is 5.56 Å². The molecule has 0 bridgehead atoms. The van der Waals surface area contributed by atoms with Crippen LogP contribution in [0.5, 0.6) is 5.75 Å². The molecule has 0 spiro atoms. The van der Waals surface area contributed by atoms with Gasteiger partial charge < -0.3 is 20.1 Å². The monoisotopic (exact) mass is 387 g/mol. The first-order chi connectivity index (χ1) is 13.2. The van der Waals surface area contributed by atoms with Crippen molar-refractivity contribution in [3.8, 4) is 5.75 Å². The molecule has 5 nitrogen and oxygen atoms in total. The number of hydrogen-bond acceptors (Lipinski definition) is 3. The highest BCUT2D eigenvalue weighted by Crippen LogP contribution is 2.23. The Bertz CT molecular complexity index is 789. The third-order valence-corrected chi connectivity index (χ3v) is 4.85. The van der Waals surface area contributed by atoms with Crippen LogP contribution >= 0.6 is 11.6 Å². The average molecular weight is 388 g/mol. The van der Waals surface area contributed by atoms with Gasteiger partial charge in [-0.3, -0.25) is 4.99 Å². The summed E-state index contributed by atoms with van der Waals surface area (Å²) >= 11 is 6.21. The molecule has 0 saturated carbocycles. The zero-order valence-electron chi connectivity index (χ0n) is 15.8. The molecule has 27 heavy (non-hydrogen) atoms. The van der Waals surface area contributed by atoms with E-state index >= 15 is 0 Å². The van der Waals surface area contributed by atoms with Gasteiger partial charge in [0.2, 0.25) is 0 Å². The summed E-state index contributed by atoms with van der Waals surface area (Å²) in [5.74, 6) is 1.62. The number of hydrogen-bond donors (Lipinski definition) is 2. The summed E-state index contributed by atoms with van der Waals surface area (Å²) in [6.07, 6.45) is 1.06. The van der Waals surface area contributed by atoms with Crippen molar-refractivity contribution in [1.29, 1.82) is 0 Å². The van der Waals surface area contributed by atoms with Gasteiger partial charge in [-0.2, -0.15) is 0 Å². The fraction of sp³-hybridized carbons (Fsp3) is 0.381. The summed E-state index contributed by atoms with van der Waals surface area (Å²) < 4.78 is 11.6. The second-order valence-corrected chi connectivity index (χ2v) is 6.99. The van der Waals surface area contributed by atoms with Crippen LogP contribution in [-0.2, 0) is 17.8 Å². The molecule has 0 amide bonds. The number of aliphatic imine (C=N–C) groups is 1. The molecule has 0 aliphatic carbocycles. The lowest BCUT2D eigenvalue weighted by Gasteiger charge is -2.18. The third kappa shape index (κ3) is 5.62. The second kappa shape index (κ2) is 9.62. The summed E-state index contributed by atoms with van der Waals surface area (Å²) in [6.45, 7) is 4.71. The van der Waals surface area contributed by atoms with Gasteiger partial charge >= 0.3 is 0 Å². The van der Waals surface area contributed by atoms with Gasteiger partial charge in [0.1, 0.15) is 11.9 Å². The number of guanidine groups is 1. The molecule has 2 N–H and O–H groups in total. The Kier molecular flexibility index (Phi) is 6.96. The molecule has 3 rings (SSSR count). The Morgan fingerprint density at radius 2 is 1.96 bits per heavy atom. The van der Waals surface area contributed by atoms with Gasteiger partial charge in [-0.05, 0) is 30.2 Å². The maximum atomic E-state index is 6.21. The normalized spacial score (nSPS) is 17.0. The summed E-state index contributed by atoms with van der Waals surface area (Å²) in [5.41, 5.74) is 3.30. The molecule has 0 aromatic heterocycles. The summed E-state index contributed by atoms with van der Waals surface area (Å²) in [5, 5.41) is 7.38. The molecule has 1 unspecified atom stereocenters. The van der Waals surface area contributed by atoms with E-state index in [-0.39, 0.29) is 6.10 Å². The maximum absolute atomic E-state index is 6.21. The fourth-order valence-corrected chi connectivity index (χ4v) is 3.13. The standard InChI is InChI=1S/C21H26ClN3O2/c1-15-7-8-17(20(11-15)27-18-9-10-26-14-18)13-25-21(23-2)24-12-16-5-3-4-6-19(16)22/h3-8,11,18H,9-10,12-14H2,1-2H3,(H2,23,24,25). The van der Waals surface area contributed by atoms with Gasteiger partial charge in [0, 0.05) is 37.1 Å². The van der Waals surface area contributed by atoms with Gasteiger partial charge in [-0.1, -0.05) is 41.9 Å². The predicted molar refractivity (Wildman–Crippen MR) is 110 cm³/mol. The number of aryl methyl sites for hydroxylation is 1. The first kappa shape index (κ1) is 19.5. The minimum absolute atomic E-state index is 0.128. The van der Waals surface area contributed by atoms with E-state index in [4.69, 9.17) is 21.1 Å². The van der Waals surface area contributed by atoms with E-state index in [0.29, 0.717) is 25.7 Å². The number of nitrogens with zero attached hydrogens (tertiary/aromatic N) is 1. The van der Waals surface area contributed by atoms with Crippen LogP contribution in [0.4, 0.5) is 0 Å². The van der Waals surface area contributed by atoms with Crippen LogP contribution in [0.2, 0.25) is 5.02 Å². The minimum atomic E-state index is 0.128. The smallest absolute Gasteiger partial charge is 0.191 e. The van der Waals surface area contributed by atoms with E-state index in [2.05, 4.69) is 40.7 Å². The van der Waals surface area contributed by atoms with Gasteiger partial charge in [0.25, 0.3) is 0 Å². The molecule has 1 aliphatic heterocycles. The SMILES string of the molecule is CN=C(NCc1ccccc1Cl)NCc1ccc(C)cc1OC1CCOC1. The van der Waals surface area contributed by atoms with Crippen molar-refractivity contribution in [1.82, 2.24) is 10.6 Å². The molecule has 2 aromatic carbocycles. The zero-order valence-corrected chi connectivity index (χ0v) is 16.6. The molecule has 2 aromatic rings.